The van der Waals surface area contributed by atoms with Crippen molar-refractivity contribution >= 4 is 107 Å². The maximum absolute atomic E-state index is 14.7. The van der Waals surface area contributed by atoms with Gasteiger partial charge in [-0.15, -0.1) is 0 Å². The molecule has 1 saturated heterocycles. The molecule has 0 saturated carbocycles. The molecule has 0 unspecified atom stereocenters. The van der Waals surface area contributed by atoms with Crippen molar-refractivity contribution in [3.05, 3.63) is 59.7 Å². The summed E-state index contributed by atoms with van der Waals surface area (Å²) in [7, 11) is 0. The van der Waals surface area contributed by atoms with E-state index in [9.17, 15) is 122 Å². The Hall–Kier alpha value is -11.7. The van der Waals surface area contributed by atoms with E-state index in [1.54, 1.807) is 32.9 Å². The van der Waals surface area contributed by atoms with Gasteiger partial charge in [-0.25, -0.2) is 4.79 Å². The van der Waals surface area contributed by atoms with E-state index in [1.807, 2.05) is 0 Å². The number of carboxylic acids is 4. The number of aromatic hydroxyl groups is 2. The van der Waals surface area contributed by atoms with E-state index < -0.39 is 260 Å². The lowest BCUT2D eigenvalue weighted by atomic mass is 9.96. The van der Waals surface area contributed by atoms with Crippen molar-refractivity contribution in [1.29, 1.82) is 0 Å². The molecule has 14 amide bonds. The first-order valence-corrected chi connectivity index (χ1v) is 40.7. The van der Waals surface area contributed by atoms with E-state index in [-0.39, 0.29) is 114 Å². The number of hydrogen-bond donors (Lipinski definition) is 24. The number of carbonyl (C=O) groups is 18. The van der Waals surface area contributed by atoms with Crippen LogP contribution in [0.1, 0.15) is 175 Å². The summed E-state index contributed by atoms with van der Waals surface area (Å²) in [6, 6.07) is -11.7. The summed E-state index contributed by atoms with van der Waals surface area (Å²) in [6.45, 7) is 8.75. The SMILES string of the molecule is CC[C@H](C)[C@H](NC(=O)[C@H](CCC(=O)O)NC(=O)[C@H](CO)NC(=O)[C@H](CC(C)C)NC(=O)[C@H](CC(=O)O)NC(=O)[C@@H]1CCCN1C(=O)[C@@H](N)Cc1ccc(O)cc1)C(=O)N[C@@H](CCCCN)C(=O)N[C@@H](CCCCN)C(=O)N[C@@H](CCC(=O)O)C(=O)N[C@@H](Cc1ccc(O)cc1)C(=O)N[C@@H](CC(N)=O)C(=O)N[C@H](C(=O)N[C@@H](CCCCN)C(=O)O)C(C)C. The van der Waals surface area contributed by atoms with Crippen LogP contribution < -0.4 is 92.5 Å². The summed E-state index contributed by atoms with van der Waals surface area (Å²) in [5.74, 6) is -23.2. The number of aliphatic hydroxyl groups excluding tert-OH is 1. The second-order valence-corrected chi connectivity index (χ2v) is 30.9. The number of unbranched alkanes of at least 4 members (excludes halogenated alkanes) is 3. The number of benzene rings is 2. The number of carbonyl (C=O) groups excluding carboxylic acids is 14. The quantitative estimate of drug-likeness (QED) is 0.0277. The number of phenols is 2. The monoisotopic (exact) mass is 1720 g/mol. The summed E-state index contributed by atoms with van der Waals surface area (Å²) < 4.78 is 0. The maximum Gasteiger partial charge on any atom is 0.326 e. The first-order chi connectivity index (χ1) is 57.6. The van der Waals surface area contributed by atoms with Crippen LogP contribution in [-0.4, -0.2) is 265 Å². The number of nitrogens with one attached hydrogen (secondary N) is 12. The fourth-order valence-electron chi connectivity index (χ4n) is 13.0. The molecule has 43 heteroatoms. The molecule has 43 nitrogen and oxygen atoms in total. The van der Waals surface area contributed by atoms with Crippen LogP contribution in [0.5, 0.6) is 11.5 Å². The molecular weight excluding hydrogens is 1600 g/mol. The number of phenolic OH excluding ortho intramolecular Hbond substituents is 2. The molecule has 15 atom stereocenters. The third-order valence-corrected chi connectivity index (χ3v) is 20.1. The van der Waals surface area contributed by atoms with E-state index >= 15 is 0 Å². The van der Waals surface area contributed by atoms with Crippen molar-refractivity contribution in [3.63, 3.8) is 0 Å². The van der Waals surface area contributed by atoms with Gasteiger partial charge >= 0.3 is 23.9 Å². The van der Waals surface area contributed by atoms with Crippen LogP contribution in [-0.2, 0) is 99.1 Å². The first kappa shape index (κ1) is 104. The number of aliphatic hydroxyl groups is 1. The van der Waals surface area contributed by atoms with Gasteiger partial charge in [0.15, 0.2) is 0 Å². The van der Waals surface area contributed by atoms with Crippen LogP contribution in [0.4, 0.5) is 0 Å². The molecule has 0 bridgehead atoms. The Bertz CT molecular complexity index is 3870. The molecule has 0 radical (unpaired) electrons. The zero-order valence-electron chi connectivity index (χ0n) is 69.6. The Morgan fingerprint density at radius 1 is 0.426 bits per heavy atom. The smallest absolute Gasteiger partial charge is 0.326 e. The Balaban J connectivity index is 1.95. The van der Waals surface area contributed by atoms with Crippen molar-refractivity contribution in [1.82, 2.24) is 68.7 Å². The Morgan fingerprint density at radius 2 is 0.795 bits per heavy atom. The average molecular weight is 1730 g/mol. The third kappa shape index (κ3) is 37.1. The van der Waals surface area contributed by atoms with Gasteiger partial charge in [0.1, 0.15) is 90.0 Å². The standard InChI is InChI=1S/C79H124N18O25/c1-7-43(6)65(96-69(111)52(28-30-62(104)105)87-74(116)58(40-98)94-70(112)54(35-41(2)3)90-72(114)57(39-63(106)107)93-75(117)59-18-14-34-97(59)78(120)48(83)36-44-19-23-46(99)24-20-44)77(119)88-50(16-9-12-32-81)67(109)85-49(15-8-11-31-80)66(108)86-51(27-29-61(102)103)68(110)91-55(37-45-21-25-47(100)26-22-45)71(113)92-56(38-60(84)101)73(115)95-64(42(4)5)76(118)89-53(79(121)122)17-10-13-33-82/h19-26,41-43,48-59,64-65,98-100H,7-18,27-40,80-83H2,1-6H3,(H2,84,101)(H,85,109)(H,86,108)(H,87,116)(H,88,119)(H,89,118)(H,90,114)(H,91,110)(H,92,113)(H,93,117)(H,94,112)(H,95,115)(H,96,111)(H,102,103)(H,104,105)(H,106,107)(H,121,122)/t43-,48-,49-,50-,51-,52-,53-,54-,55-,56-,57-,58-,59-,64-,65-/m0/s1. The molecule has 1 fully saturated rings. The zero-order chi connectivity index (χ0) is 91.6. The van der Waals surface area contributed by atoms with Crippen LogP contribution in [0.3, 0.4) is 0 Å². The number of hydrogen-bond acceptors (Lipinski definition) is 25. The van der Waals surface area contributed by atoms with Crippen LogP contribution in [0, 0.1) is 17.8 Å². The van der Waals surface area contributed by atoms with Gasteiger partial charge in [0, 0.05) is 25.8 Å². The van der Waals surface area contributed by atoms with E-state index in [2.05, 4.69) is 63.8 Å². The summed E-state index contributed by atoms with van der Waals surface area (Å²) >= 11 is 0. The molecule has 2 aromatic carbocycles. The molecule has 122 heavy (non-hydrogen) atoms. The molecule has 3 rings (SSSR count). The van der Waals surface area contributed by atoms with E-state index in [1.165, 1.54) is 62.1 Å². The van der Waals surface area contributed by atoms with Crippen LogP contribution in [0.25, 0.3) is 0 Å². The second-order valence-electron chi connectivity index (χ2n) is 30.9. The zero-order valence-corrected chi connectivity index (χ0v) is 69.6. The Labute approximate surface area is 705 Å². The third-order valence-electron chi connectivity index (χ3n) is 20.1. The number of nitrogens with zero attached hydrogens (tertiary/aromatic N) is 1. The summed E-state index contributed by atoms with van der Waals surface area (Å²) in [5.41, 5.74) is 29.9. The number of rotatable bonds is 58. The molecule has 1 heterocycles. The molecule has 0 spiro atoms. The van der Waals surface area contributed by atoms with Gasteiger partial charge in [0.25, 0.3) is 0 Å². The first-order valence-electron chi connectivity index (χ1n) is 40.7. The van der Waals surface area contributed by atoms with Gasteiger partial charge in [-0.2, -0.15) is 0 Å². The van der Waals surface area contributed by atoms with E-state index in [0.717, 1.165) is 0 Å². The fourth-order valence-corrected chi connectivity index (χ4v) is 13.0. The predicted octanol–water partition coefficient (Wildman–Crippen LogP) is -4.69. The molecule has 0 aliphatic carbocycles. The molecule has 0 aromatic heterocycles. The number of carboxylic acid groups (broad SMARTS) is 4. The highest BCUT2D eigenvalue weighted by Crippen LogP contribution is 2.22. The largest absolute Gasteiger partial charge is 0.508 e. The van der Waals surface area contributed by atoms with Gasteiger partial charge in [-0.1, -0.05) is 72.2 Å². The minimum Gasteiger partial charge on any atom is -0.508 e. The van der Waals surface area contributed by atoms with Gasteiger partial charge in [0.05, 0.1) is 25.5 Å². The summed E-state index contributed by atoms with van der Waals surface area (Å²) in [5, 5.41) is 98.9. The van der Waals surface area contributed by atoms with E-state index in [4.69, 9.17) is 28.7 Å². The lowest BCUT2D eigenvalue weighted by Crippen LogP contribution is -2.62. The Morgan fingerprint density at radius 3 is 1.24 bits per heavy atom. The van der Waals surface area contributed by atoms with Gasteiger partial charge in [-0.05, 0) is 169 Å². The van der Waals surface area contributed by atoms with Gasteiger partial charge in [-0.3, -0.25) is 81.5 Å². The minimum atomic E-state index is -1.96. The van der Waals surface area contributed by atoms with Gasteiger partial charge < -0.3 is 133 Å². The lowest BCUT2D eigenvalue weighted by molar-refractivity contribution is -0.143. The average Bonchev–Trinajstić information content (AvgIpc) is 1.66. The number of nitrogens with two attached hydrogens (primary N) is 5. The van der Waals surface area contributed by atoms with Crippen molar-refractivity contribution in [2.24, 2.45) is 46.4 Å². The highest BCUT2D eigenvalue weighted by Gasteiger charge is 2.42. The van der Waals surface area contributed by atoms with Crippen LogP contribution in [0.15, 0.2) is 48.5 Å². The lowest BCUT2D eigenvalue weighted by Gasteiger charge is -2.30. The highest BCUT2D eigenvalue weighted by molar-refractivity contribution is 6.01. The minimum absolute atomic E-state index is 0.0160. The van der Waals surface area contributed by atoms with E-state index in [0.29, 0.717) is 24.8 Å². The highest BCUT2D eigenvalue weighted by atomic mass is 16.4. The number of primary amides is 1. The molecular formula is C79H124N18O25. The molecule has 29 N–H and O–H groups in total. The predicted molar refractivity (Wildman–Crippen MR) is 436 cm³/mol. The van der Waals surface area contributed by atoms with Crippen molar-refractivity contribution in [2.75, 3.05) is 32.8 Å². The van der Waals surface area contributed by atoms with Gasteiger partial charge in [0.2, 0.25) is 82.7 Å². The topological polar surface area (TPSA) is 727 Å². The molecule has 2 aromatic rings. The fraction of sp³-hybridized carbons (Fsp3) is 0.620. The molecule has 1 aliphatic rings. The number of likely N-dealkylation sites (tertiary alicyclic amines) is 1. The normalized spacial score (nSPS) is 15.9. The van der Waals surface area contributed by atoms with Crippen molar-refractivity contribution in [3.8, 4) is 11.5 Å². The molecule has 680 valence electrons. The van der Waals surface area contributed by atoms with Crippen molar-refractivity contribution < 1.29 is 122 Å². The summed E-state index contributed by atoms with van der Waals surface area (Å²) in [4.78, 5) is 248. The number of aliphatic carboxylic acids is 4. The number of amides is 14. The second kappa shape index (κ2) is 53.8. The summed E-state index contributed by atoms with van der Waals surface area (Å²) in [6.07, 6.45) is -3.77. The van der Waals surface area contributed by atoms with Crippen LogP contribution in [0.2, 0.25) is 0 Å². The maximum atomic E-state index is 14.7. The Kier molecular flexibility index (Phi) is 46.1. The van der Waals surface area contributed by atoms with Crippen LogP contribution >= 0.6 is 0 Å². The van der Waals surface area contributed by atoms with Crippen molar-refractivity contribution in [2.45, 2.75) is 261 Å². The molecule has 1 aliphatic heterocycles.